The first-order valence-corrected chi connectivity index (χ1v) is 24.3. The van der Waals surface area contributed by atoms with Crippen LogP contribution in [0.4, 0.5) is 17.1 Å². The fourth-order valence-electron chi connectivity index (χ4n) is 10.9. The zero-order valence-corrected chi connectivity index (χ0v) is 38.7. The number of hydrogen-bond donors (Lipinski definition) is 0. The molecule has 0 bridgehead atoms. The normalized spacial score (nSPS) is 11.7. The van der Waals surface area contributed by atoms with Crippen molar-refractivity contribution in [2.75, 3.05) is 4.90 Å². The van der Waals surface area contributed by atoms with Crippen molar-refractivity contribution in [3.05, 3.63) is 267 Å². The average molecular weight is 905 g/mol. The van der Waals surface area contributed by atoms with Gasteiger partial charge in [0.2, 0.25) is 0 Å². The Morgan fingerprint density at radius 2 is 0.746 bits per heavy atom. The number of fused-ring (bicyclic) bond motifs is 9. The van der Waals surface area contributed by atoms with Gasteiger partial charge in [-0.1, -0.05) is 182 Å². The van der Waals surface area contributed by atoms with Crippen molar-refractivity contribution in [1.29, 1.82) is 0 Å². The van der Waals surface area contributed by atoms with E-state index in [1.54, 1.807) is 0 Å². The van der Waals surface area contributed by atoms with Gasteiger partial charge in [-0.05, 0) is 146 Å². The van der Waals surface area contributed by atoms with E-state index in [0.717, 1.165) is 72.3 Å². The van der Waals surface area contributed by atoms with Gasteiger partial charge in [-0.2, -0.15) is 0 Å². The Kier molecular flexibility index (Phi) is 9.53. The second-order valence-electron chi connectivity index (χ2n) is 18.5. The van der Waals surface area contributed by atoms with Crippen LogP contribution in [0.15, 0.2) is 271 Å². The van der Waals surface area contributed by atoms with E-state index >= 15 is 0 Å². The summed E-state index contributed by atoms with van der Waals surface area (Å²) in [6, 6.07) is 96.6. The summed E-state index contributed by atoms with van der Waals surface area (Å²) in [7, 11) is 0. The highest BCUT2D eigenvalue weighted by Crippen LogP contribution is 2.41. The molecule has 0 N–H and O–H groups in total. The Bertz CT molecular complexity index is 4270. The maximum atomic E-state index is 6.58. The van der Waals surface area contributed by atoms with Gasteiger partial charge in [-0.3, -0.25) is 0 Å². The van der Waals surface area contributed by atoms with Crippen molar-refractivity contribution in [2.24, 2.45) is 0 Å². The molecule has 3 nitrogen and oxygen atoms in total. The van der Waals surface area contributed by atoms with Gasteiger partial charge in [0.25, 0.3) is 0 Å². The molecule has 14 rings (SSSR count). The van der Waals surface area contributed by atoms with E-state index < -0.39 is 0 Å². The number of hydrogen-bond acceptors (Lipinski definition) is 2. The third-order valence-corrected chi connectivity index (χ3v) is 14.4. The van der Waals surface area contributed by atoms with Gasteiger partial charge in [-0.25, -0.2) is 0 Å². The summed E-state index contributed by atoms with van der Waals surface area (Å²) in [6.45, 7) is 0. The van der Waals surface area contributed by atoms with Crippen LogP contribution in [-0.2, 0) is 0 Å². The second-order valence-corrected chi connectivity index (χ2v) is 18.5. The molecule has 12 aromatic carbocycles. The van der Waals surface area contributed by atoms with Crippen LogP contribution in [0.25, 0.3) is 115 Å². The molecule has 0 radical (unpaired) electrons. The SMILES string of the molecule is c1cc(-c2ccc(N(c3ccc(-c4cccc(-n5c6ccccc6c6ccccc65)c4)cc3)c3ccc(-c4ccc5c(c4)oc4c6ccccc6ccc54)cc3)cc2)cc(-c2cccc3ccccc23)c1. The minimum atomic E-state index is 0.892. The third-order valence-electron chi connectivity index (χ3n) is 14.4. The zero-order valence-electron chi connectivity index (χ0n) is 38.7. The summed E-state index contributed by atoms with van der Waals surface area (Å²) in [5.41, 5.74) is 17.9. The molecule has 0 atom stereocenters. The van der Waals surface area contributed by atoms with Crippen LogP contribution in [0, 0.1) is 0 Å². The first kappa shape index (κ1) is 40.6. The molecule has 0 saturated carbocycles. The van der Waals surface area contributed by atoms with Gasteiger partial charge in [0, 0.05) is 49.7 Å². The van der Waals surface area contributed by atoms with Crippen molar-refractivity contribution in [3.63, 3.8) is 0 Å². The van der Waals surface area contributed by atoms with Crippen LogP contribution < -0.4 is 4.90 Å². The number of rotatable bonds is 8. The van der Waals surface area contributed by atoms with Crippen molar-refractivity contribution >= 4 is 82.4 Å². The average Bonchev–Trinajstić information content (AvgIpc) is 4.00. The number of anilines is 3. The van der Waals surface area contributed by atoms with Crippen molar-refractivity contribution in [2.45, 2.75) is 0 Å². The molecule has 2 heterocycles. The molecule has 14 aromatic rings. The van der Waals surface area contributed by atoms with Crippen LogP contribution in [0.5, 0.6) is 0 Å². The molecule has 0 unspecified atom stereocenters. The van der Waals surface area contributed by atoms with Gasteiger partial charge in [-0.15, -0.1) is 0 Å². The molecule has 0 aliphatic rings. The lowest BCUT2D eigenvalue weighted by Gasteiger charge is -2.26. The highest BCUT2D eigenvalue weighted by molar-refractivity contribution is 6.15. The summed E-state index contributed by atoms with van der Waals surface area (Å²) in [6.07, 6.45) is 0. The quantitative estimate of drug-likeness (QED) is 0.151. The lowest BCUT2D eigenvalue weighted by atomic mass is 9.95. The number of nitrogens with zero attached hydrogens (tertiary/aromatic N) is 2. The van der Waals surface area contributed by atoms with Crippen molar-refractivity contribution in [3.8, 4) is 50.2 Å². The van der Waals surface area contributed by atoms with E-state index in [0.29, 0.717) is 0 Å². The fraction of sp³-hybridized carbons (Fsp3) is 0. The lowest BCUT2D eigenvalue weighted by molar-refractivity contribution is 0.673. The van der Waals surface area contributed by atoms with Gasteiger partial charge in [0.05, 0.1) is 11.0 Å². The smallest absolute Gasteiger partial charge is 0.143 e. The van der Waals surface area contributed by atoms with Gasteiger partial charge in [0.1, 0.15) is 11.2 Å². The first-order valence-electron chi connectivity index (χ1n) is 24.3. The van der Waals surface area contributed by atoms with Crippen LogP contribution in [-0.4, -0.2) is 4.57 Å². The topological polar surface area (TPSA) is 21.3 Å². The molecule has 71 heavy (non-hydrogen) atoms. The lowest BCUT2D eigenvalue weighted by Crippen LogP contribution is -2.09. The highest BCUT2D eigenvalue weighted by atomic mass is 16.3. The van der Waals surface area contributed by atoms with E-state index in [1.165, 1.54) is 60.2 Å². The third kappa shape index (κ3) is 6.97. The molecule has 0 saturated heterocycles. The molecule has 0 aliphatic heterocycles. The molecule has 0 aliphatic carbocycles. The van der Waals surface area contributed by atoms with Crippen LogP contribution >= 0.6 is 0 Å². The minimum absolute atomic E-state index is 0.892. The fourth-order valence-corrected chi connectivity index (χ4v) is 10.9. The summed E-state index contributed by atoms with van der Waals surface area (Å²) >= 11 is 0. The Balaban J connectivity index is 0.827. The molecule has 3 heteroatoms. The molecule has 332 valence electrons. The van der Waals surface area contributed by atoms with Gasteiger partial charge >= 0.3 is 0 Å². The maximum Gasteiger partial charge on any atom is 0.143 e. The summed E-state index contributed by atoms with van der Waals surface area (Å²) in [5, 5.41) is 9.61. The number of benzene rings is 12. The summed E-state index contributed by atoms with van der Waals surface area (Å²) in [4.78, 5) is 2.35. The van der Waals surface area contributed by atoms with Crippen LogP contribution in [0.2, 0.25) is 0 Å². The summed E-state index contributed by atoms with van der Waals surface area (Å²) in [5.74, 6) is 0. The maximum absolute atomic E-state index is 6.58. The number of para-hydroxylation sites is 2. The Labute approximate surface area is 411 Å². The predicted octanol–water partition coefficient (Wildman–Crippen LogP) is 19.1. The number of furan rings is 1. The van der Waals surface area contributed by atoms with E-state index in [9.17, 15) is 0 Å². The van der Waals surface area contributed by atoms with E-state index in [2.05, 4.69) is 276 Å². The molecule has 0 fully saturated rings. The summed E-state index contributed by atoms with van der Waals surface area (Å²) < 4.78 is 8.97. The zero-order chi connectivity index (χ0) is 46.8. The van der Waals surface area contributed by atoms with E-state index in [4.69, 9.17) is 4.42 Å². The van der Waals surface area contributed by atoms with Crippen molar-refractivity contribution < 1.29 is 4.42 Å². The molecule has 0 amide bonds. The Hall–Kier alpha value is -9.44. The molecular weight excluding hydrogens is 861 g/mol. The van der Waals surface area contributed by atoms with Gasteiger partial charge in [0.15, 0.2) is 0 Å². The Morgan fingerprint density at radius 1 is 0.282 bits per heavy atom. The number of aromatic nitrogens is 1. The van der Waals surface area contributed by atoms with Crippen molar-refractivity contribution in [1.82, 2.24) is 4.57 Å². The molecule has 0 spiro atoms. The standard InChI is InChI=1S/C68H44N2O/c1-3-19-58-48(12-1)14-11-23-59(58)53-17-9-15-50(42-53)45-26-34-54(35-27-45)69(56-38-30-47(31-39-56)52-33-40-63-64-41-32-49-13-2-4-20-60(49)68(64)71-67(63)44-52)55-36-28-46(29-37-55)51-16-10-18-57(43-51)70-65-24-7-5-21-61(65)62-22-6-8-25-66(62)70/h1-44H. The molecular formula is C68H44N2O. The van der Waals surface area contributed by atoms with E-state index in [-0.39, 0.29) is 0 Å². The van der Waals surface area contributed by atoms with Crippen LogP contribution in [0.1, 0.15) is 0 Å². The minimum Gasteiger partial charge on any atom is -0.455 e. The van der Waals surface area contributed by atoms with Gasteiger partial charge < -0.3 is 13.9 Å². The largest absolute Gasteiger partial charge is 0.455 e. The highest BCUT2D eigenvalue weighted by Gasteiger charge is 2.17. The Morgan fingerprint density at radius 3 is 1.39 bits per heavy atom. The van der Waals surface area contributed by atoms with Crippen LogP contribution in [0.3, 0.4) is 0 Å². The first-order chi connectivity index (χ1) is 35.2. The predicted molar refractivity (Wildman–Crippen MR) is 299 cm³/mol. The second kappa shape index (κ2) is 16.7. The van der Waals surface area contributed by atoms with E-state index in [1.807, 2.05) is 0 Å². The monoisotopic (exact) mass is 904 g/mol. The molecule has 2 aromatic heterocycles.